The molecule has 0 aliphatic heterocycles. The fourth-order valence-electron chi connectivity index (χ4n) is 5.76. The van der Waals surface area contributed by atoms with Crippen LogP contribution in [0.5, 0.6) is 0 Å². The maximum Gasteiger partial charge on any atom is 0.309 e. The molecular formula is C55H84O6. The molecule has 0 aliphatic rings. The number of unbranched alkanes of at least 4 members (excludes halogenated alkanes) is 10. The van der Waals surface area contributed by atoms with Crippen LogP contribution in [-0.4, -0.2) is 37.2 Å². The number of hydrogen-bond acceptors (Lipinski definition) is 6. The van der Waals surface area contributed by atoms with Crippen LogP contribution in [0, 0.1) is 0 Å². The molecule has 0 aromatic rings. The fourth-order valence-corrected chi connectivity index (χ4v) is 5.76. The molecule has 1 unspecified atom stereocenters. The van der Waals surface area contributed by atoms with E-state index in [0.717, 1.165) is 116 Å². The summed E-state index contributed by atoms with van der Waals surface area (Å²) >= 11 is 0. The van der Waals surface area contributed by atoms with E-state index in [1.165, 1.54) is 19.3 Å². The Morgan fingerprint density at radius 2 is 0.738 bits per heavy atom. The second-order valence-electron chi connectivity index (χ2n) is 14.9. The highest BCUT2D eigenvalue weighted by atomic mass is 16.6. The molecule has 0 saturated carbocycles. The van der Waals surface area contributed by atoms with E-state index in [-0.39, 0.29) is 38.0 Å². The Labute approximate surface area is 373 Å². The standard InChI is InChI=1S/C55H84O6/c1-4-7-10-13-16-19-21-23-25-26-27-28-30-31-33-36-39-42-45-48-54(57)60-51-52(50-59-53(56)47-44-41-38-35-18-15-12-9-6-3)61-55(58)49-46-43-40-37-34-32-29-24-22-20-17-14-11-8-5-2/h7-12,14,16-20,22-23,25,27-28,31,33,35,41,44,52H,4-6,13,15,21,24,26,29-30,32,34,36-40,42-43,45-51H2,1-3H3/b10-7-,11-8-,12-9-,17-14-,19-16-,22-20-,25-23-,28-27-,33-31-,35-18-,44-41-. The maximum atomic E-state index is 12.7. The molecule has 0 spiro atoms. The lowest BCUT2D eigenvalue weighted by molar-refractivity contribution is -0.166. The SMILES string of the molecule is CC\C=C/C=C\C=C/CCCCCCCCCC(=O)OC(COC(=O)C/C=C\C/C=C\C/C=C\CC)COC(=O)CCCCC/C=C\C/C=C\C/C=C\C/C=C\C/C=C\CC. The molecule has 0 aromatic heterocycles. The van der Waals surface area contributed by atoms with Crippen molar-refractivity contribution in [2.75, 3.05) is 13.2 Å². The van der Waals surface area contributed by atoms with Gasteiger partial charge in [0.15, 0.2) is 6.10 Å². The summed E-state index contributed by atoms with van der Waals surface area (Å²) in [5.41, 5.74) is 0. The second kappa shape index (κ2) is 48.2. The van der Waals surface area contributed by atoms with Crippen molar-refractivity contribution in [3.8, 4) is 0 Å². The largest absolute Gasteiger partial charge is 0.462 e. The Hall–Kier alpha value is -4.45. The molecule has 0 aliphatic carbocycles. The normalized spacial score (nSPS) is 13.3. The lowest BCUT2D eigenvalue weighted by Crippen LogP contribution is -2.30. The third-order valence-electron chi connectivity index (χ3n) is 9.23. The van der Waals surface area contributed by atoms with Crippen molar-refractivity contribution in [2.45, 2.75) is 181 Å². The van der Waals surface area contributed by atoms with Crippen molar-refractivity contribution >= 4 is 17.9 Å². The van der Waals surface area contributed by atoms with Crippen molar-refractivity contribution in [3.05, 3.63) is 134 Å². The first-order valence-corrected chi connectivity index (χ1v) is 23.7. The molecule has 0 bridgehead atoms. The molecule has 0 rings (SSSR count). The van der Waals surface area contributed by atoms with Gasteiger partial charge in [-0.1, -0.05) is 193 Å². The second-order valence-corrected chi connectivity index (χ2v) is 14.9. The average Bonchev–Trinajstić information content (AvgIpc) is 3.26. The Kier molecular flexibility index (Phi) is 44.7. The average molecular weight is 841 g/mol. The number of allylic oxidation sites excluding steroid dienone is 21. The first-order valence-electron chi connectivity index (χ1n) is 23.7. The van der Waals surface area contributed by atoms with E-state index in [1.807, 2.05) is 6.08 Å². The van der Waals surface area contributed by atoms with Crippen LogP contribution in [0.25, 0.3) is 0 Å². The van der Waals surface area contributed by atoms with Crippen molar-refractivity contribution in [1.29, 1.82) is 0 Å². The zero-order valence-electron chi connectivity index (χ0n) is 38.6. The van der Waals surface area contributed by atoms with Gasteiger partial charge in [-0.25, -0.2) is 0 Å². The van der Waals surface area contributed by atoms with Gasteiger partial charge < -0.3 is 14.2 Å². The highest BCUT2D eigenvalue weighted by Crippen LogP contribution is 2.12. The monoisotopic (exact) mass is 841 g/mol. The number of hydrogen-bond donors (Lipinski definition) is 0. The summed E-state index contributed by atoms with van der Waals surface area (Å²) in [4.78, 5) is 37.7. The predicted octanol–water partition coefficient (Wildman–Crippen LogP) is 15.5. The molecule has 0 radical (unpaired) electrons. The van der Waals surface area contributed by atoms with E-state index in [0.29, 0.717) is 6.42 Å². The van der Waals surface area contributed by atoms with E-state index in [9.17, 15) is 14.4 Å². The maximum absolute atomic E-state index is 12.7. The highest BCUT2D eigenvalue weighted by molar-refractivity contribution is 5.72. The molecule has 6 heteroatoms. The number of ether oxygens (including phenoxy) is 3. The fraction of sp³-hybridized carbons (Fsp3) is 0.545. The Morgan fingerprint density at radius 1 is 0.361 bits per heavy atom. The molecule has 0 fully saturated rings. The van der Waals surface area contributed by atoms with Gasteiger partial charge in [0.05, 0.1) is 6.42 Å². The van der Waals surface area contributed by atoms with Crippen LogP contribution in [0.15, 0.2) is 134 Å². The van der Waals surface area contributed by atoms with Crippen LogP contribution in [0.2, 0.25) is 0 Å². The minimum atomic E-state index is -0.837. The summed E-state index contributed by atoms with van der Waals surface area (Å²) in [6, 6.07) is 0. The van der Waals surface area contributed by atoms with E-state index in [2.05, 4.69) is 142 Å². The lowest BCUT2D eigenvalue weighted by atomic mass is 10.1. The van der Waals surface area contributed by atoms with Gasteiger partial charge in [-0.05, 0) is 96.3 Å². The summed E-state index contributed by atoms with van der Waals surface area (Å²) in [5, 5.41) is 0. The van der Waals surface area contributed by atoms with Crippen LogP contribution in [-0.2, 0) is 28.6 Å². The zero-order chi connectivity index (χ0) is 44.4. The molecule has 0 aromatic carbocycles. The van der Waals surface area contributed by atoms with E-state index in [4.69, 9.17) is 14.2 Å². The topological polar surface area (TPSA) is 78.9 Å². The minimum Gasteiger partial charge on any atom is -0.462 e. The number of esters is 3. The molecule has 0 saturated heterocycles. The van der Waals surface area contributed by atoms with Gasteiger partial charge in [-0.3, -0.25) is 14.4 Å². The van der Waals surface area contributed by atoms with Crippen molar-refractivity contribution in [3.63, 3.8) is 0 Å². The first-order chi connectivity index (χ1) is 30.0. The number of rotatable bonds is 40. The molecule has 6 nitrogen and oxygen atoms in total. The molecule has 61 heavy (non-hydrogen) atoms. The van der Waals surface area contributed by atoms with Crippen molar-refractivity contribution in [2.24, 2.45) is 0 Å². The Morgan fingerprint density at radius 3 is 1.26 bits per heavy atom. The molecular weight excluding hydrogens is 757 g/mol. The summed E-state index contributed by atoms with van der Waals surface area (Å²) in [5.74, 6) is -1.12. The van der Waals surface area contributed by atoms with Crippen LogP contribution >= 0.6 is 0 Å². The molecule has 1 atom stereocenters. The summed E-state index contributed by atoms with van der Waals surface area (Å²) in [6.07, 6.45) is 67.5. The molecule has 0 N–H and O–H groups in total. The predicted molar refractivity (Wildman–Crippen MR) is 260 cm³/mol. The minimum absolute atomic E-state index is 0.120. The number of carbonyl (C=O) groups excluding carboxylic acids is 3. The Balaban J connectivity index is 4.50. The summed E-state index contributed by atoms with van der Waals surface area (Å²) < 4.78 is 16.6. The summed E-state index contributed by atoms with van der Waals surface area (Å²) in [6.45, 7) is 6.10. The van der Waals surface area contributed by atoms with Crippen LogP contribution < -0.4 is 0 Å². The van der Waals surface area contributed by atoms with Gasteiger partial charge in [0, 0.05) is 12.8 Å². The van der Waals surface area contributed by atoms with Crippen LogP contribution in [0.4, 0.5) is 0 Å². The quantitative estimate of drug-likeness (QED) is 0.0201. The van der Waals surface area contributed by atoms with Crippen molar-refractivity contribution in [1.82, 2.24) is 0 Å². The molecule has 0 heterocycles. The first kappa shape index (κ1) is 56.5. The molecule has 0 amide bonds. The van der Waals surface area contributed by atoms with Gasteiger partial charge in [0.1, 0.15) is 13.2 Å². The van der Waals surface area contributed by atoms with Gasteiger partial charge >= 0.3 is 17.9 Å². The van der Waals surface area contributed by atoms with Gasteiger partial charge in [0.25, 0.3) is 0 Å². The highest BCUT2D eigenvalue weighted by Gasteiger charge is 2.19. The Bertz CT molecular complexity index is 1380. The van der Waals surface area contributed by atoms with E-state index < -0.39 is 12.1 Å². The lowest BCUT2D eigenvalue weighted by Gasteiger charge is -2.18. The van der Waals surface area contributed by atoms with Gasteiger partial charge in [-0.15, -0.1) is 0 Å². The number of carbonyl (C=O) groups is 3. The van der Waals surface area contributed by atoms with Gasteiger partial charge in [-0.2, -0.15) is 0 Å². The third kappa shape index (κ3) is 46.5. The van der Waals surface area contributed by atoms with Crippen LogP contribution in [0.1, 0.15) is 175 Å². The van der Waals surface area contributed by atoms with Crippen LogP contribution in [0.3, 0.4) is 0 Å². The summed E-state index contributed by atoms with van der Waals surface area (Å²) in [7, 11) is 0. The van der Waals surface area contributed by atoms with E-state index >= 15 is 0 Å². The third-order valence-corrected chi connectivity index (χ3v) is 9.23. The zero-order valence-corrected chi connectivity index (χ0v) is 38.6. The van der Waals surface area contributed by atoms with E-state index in [1.54, 1.807) is 6.08 Å². The smallest absolute Gasteiger partial charge is 0.309 e. The molecule has 340 valence electrons. The van der Waals surface area contributed by atoms with Crippen molar-refractivity contribution < 1.29 is 28.6 Å². The van der Waals surface area contributed by atoms with Gasteiger partial charge in [0.2, 0.25) is 0 Å².